The predicted molar refractivity (Wildman–Crippen MR) is 66.8 cm³/mol. The van der Waals surface area contributed by atoms with Crippen molar-refractivity contribution in [2.75, 3.05) is 0 Å². The van der Waals surface area contributed by atoms with Crippen LogP contribution in [0.25, 0.3) is 11.1 Å². The van der Waals surface area contributed by atoms with Crippen LogP contribution in [-0.2, 0) is 6.18 Å². The highest BCUT2D eigenvalue weighted by Gasteiger charge is 2.34. The summed E-state index contributed by atoms with van der Waals surface area (Å²) in [6.45, 7) is 1.23. The van der Waals surface area contributed by atoms with Gasteiger partial charge in [0.25, 0.3) is 0 Å². The molecular weight excluding hydrogens is 272 g/mol. The topological polar surface area (TPSA) is 17.1 Å². The van der Waals surface area contributed by atoms with E-state index in [1.165, 1.54) is 31.2 Å². The molecule has 0 radical (unpaired) electrons. The van der Waals surface area contributed by atoms with Gasteiger partial charge in [0.15, 0.2) is 5.78 Å². The highest BCUT2D eigenvalue weighted by atomic mass is 19.4. The SMILES string of the molecule is CC(=O)c1ccc(F)cc1-c1ccccc1C(F)(F)F. The lowest BCUT2D eigenvalue weighted by Gasteiger charge is -2.15. The zero-order valence-electron chi connectivity index (χ0n) is 10.5. The molecule has 5 heteroatoms. The molecular formula is C15H10F4O. The maximum Gasteiger partial charge on any atom is 0.417 e. The molecule has 0 aliphatic rings. The molecule has 0 saturated heterocycles. The van der Waals surface area contributed by atoms with E-state index < -0.39 is 23.3 Å². The van der Waals surface area contributed by atoms with Crippen molar-refractivity contribution in [3.8, 4) is 11.1 Å². The zero-order chi connectivity index (χ0) is 14.9. The fraction of sp³-hybridized carbons (Fsp3) is 0.133. The molecule has 0 spiro atoms. The van der Waals surface area contributed by atoms with Crippen molar-refractivity contribution < 1.29 is 22.4 Å². The van der Waals surface area contributed by atoms with Gasteiger partial charge in [0.2, 0.25) is 0 Å². The summed E-state index contributed by atoms with van der Waals surface area (Å²) >= 11 is 0. The van der Waals surface area contributed by atoms with Crippen molar-refractivity contribution in [1.29, 1.82) is 0 Å². The summed E-state index contributed by atoms with van der Waals surface area (Å²) in [7, 11) is 0. The van der Waals surface area contributed by atoms with Gasteiger partial charge in [-0.15, -0.1) is 0 Å². The first-order valence-electron chi connectivity index (χ1n) is 5.78. The van der Waals surface area contributed by atoms with Gasteiger partial charge in [0.1, 0.15) is 5.82 Å². The van der Waals surface area contributed by atoms with Gasteiger partial charge in [-0.25, -0.2) is 4.39 Å². The molecule has 0 bridgehead atoms. The molecule has 2 aromatic carbocycles. The number of carbonyl (C=O) groups is 1. The number of alkyl halides is 3. The van der Waals surface area contributed by atoms with Crippen LogP contribution in [0.2, 0.25) is 0 Å². The molecule has 0 amide bonds. The van der Waals surface area contributed by atoms with Crippen molar-refractivity contribution in [3.63, 3.8) is 0 Å². The Morgan fingerprint density at radius 1 is 1.00 bits per heavy atom. The fourth-order valence-electron chi connectivity index (χ4n) is 2.01. The minimum atomic E-state index is -4.57. The Hall–Kier alpha value is -2.17. The first-order chi connectivity index (χ1) is 9.30. The van der Waals surface area contributed by atoms with Gasteiger partial charge in [0, 0.05) is 5.56 Å². The number of Topliss-reactive ketones (excluding diaryl/α,β-unsaturated/α-hetero) is 1. The van der Waals surface area contributed by atoms with Gasteiger partial charge in [-0.2, -0.15) is 13.2 Å². The molecule has 0 heterocycles. The van der Waals surface area contributed by atoms with E-state index in [0.29, 0.717) is 0 Å². The number of carbonyl (C=O) groups excluding carboxylic acids is 1. The van der Waals surface area contributed by atoms with Crippen molar-refractivity contribution >= 4 is 5.78 Å². The highest BCUT2D eigenvalue weighted by molar-refractivity contribution is 6.01. The van der Waals surface area contributed by atoms with E-state index in [4.69, 9.17) is 0 Å². The van der Waals surface area contributed by atoms with Crippen LogP contribution in [-0.4, -0.2) is 5.78 Å². The summed E-state index contributed by atoms with van der Waals surface area (Å²) in [5, 5.41) is 0. The lowest BCUT2D eigenvalue weighted by molar-refractivity contribution is -0.137. The third kappa shape index (κ3) is 2.71. The molecule has 0 unspecified atom stereocenters. The standard InChI is InChI=1S/C15H10F4O/c1-9(20)11-7-6-10(16)8-13(11)12-4-2-3-5-14(12)15(17,18)19/h2-8H,1H3. The Labute approximate surface area is 112 Å². The predicted octanol–water partition coefficient (Wildman–Crippen LogP) is 4.71. The lowest BCUT2D eigenvalue weighted by atomic mass is 9.93. The van der Waals surface area contributed by atoms with E-state index in [1.807, 2.05) is 0 Å². The van der Waals surface area contributed by atoms with Crippen LogP contribution in [0.15, 0.2) is 42.5 Å². The van der Waals surface area contributed by atoms with Gasteiger partial charge < -0.3 is 0 Å². The van der Waals surface area contributed by atoms with E-state index >= 15 is 0 Å². The van der Waals surface area contributed by atoms with E-state index in [2.05, 4.69) is 0 Å². The summed E-state index contributed by atoms with van der Waals surface area (Å²) in [5.41, 5.74) is -1.09. The average Bonchev–Trinajstić information content (AvgIpc) is 2.37. The molecule has 20 heavy (non-hydrogen) atoms. The molecule has 1 nitrogen and oxygen atoms in total. The largest absolute Gasteiger partial charge is 0.417 e. The molecule has 2 aromatic rings. The Kier molecular flexibility index (Phi) is 3.61. The summed E-state index contributed by atoms with van der Waals surface area (Å²) in [6.07, 6.45) is -4.57. The third-order valence-corrected chi connectivity index (χ3v) is 2.88. The van der Waals surface area contributed by atoms with E-state index in [9.17, 15) is 22.4 Å². The summed E-state index contributed by atoms with van der Waals surface area (Å²) < 4.78 is 52.3. The van der Waals surface area contributed by atoms with Crippen molar-refractivity contribution in [3.05, 3.63) is 59.4 Å². The maximum atomic E-state index is 13.3. The van der Waals surface area contributed by atoms with Crippen LogP contribution in [0.1, 0.15) is 22.8 Å². The smallest absolute Gasteiger partial charge is 0.294 e. The van der Waals surface area contributed by atoms with E-state index in [-0.39, 0.29) is 16.7 Å². The Morgan fingerprint density at radius 3 is 2.25 bits per heavy atom. The van der Waals surface area contributed by atoms with Crippen LogP contribution in [0.4, 0.5) is 17.6 Å². The second-order valence-electron chi connectivity index (χ2n) is 4.29. The minimum Gasteiger partial charge on any atom is -0.294 e. The van der Waals surface area contributed by atoms with Crippen LogP contribution in [0.5, 0.6) is 0 Å². The Balaban J connectivity index is 2.75. The maximum absolute atomic E-state index is 13.3. The second-order valence-corrected chi connectivity index (χ2v) is 4.29. The summed E-state index contributed by atoms with van der Waals surface area (Å²) in [6, 6.07) is 7.99. The number of rotatable bonds is 2. The number of benzene rings is 2. The quantitative estimate of drug-likeness (QED) is 0.575. The minimum absolute atomic E-state index is 0.0505. The van der Waals surface area contributed by atoms with Crippen LogP contribution >= 0.6 is 0 Å². The van der Waals surface area contributed by atoms with E-state index in [0.717, 1.165) is 18.2 Å². The van der Waals surface area contributed by atoms with Gasteiger partial charge >= 0.3 is 6.18 Å². The molecule has 0 atom stereocenters. The Bertz CT molecular complexity index is 659. The molecule has 0 N–H and O–H groups in total. The van der Waals surface area contributed by atoms with Gasteiger partial charge in [-0.1, -0.05) is 18.2 Å². The summed E-state index contributed by atoms with van der Waals surface area (Å²) in [4.78, 5) is 11.5. The molecule has 0 aliphatic heterocycles. The normalized spacial score (nSPS) is 11.4. The first kappa shape index (κ1) is 14.2. The molecule has 104 valence electrons. The molecule has 0 aromatic heterocycles. The van der Waals surface area contributed by atoms with Crippen molar-refractivity contribution in [2.45, 2.75) is 13.1 Å². The van der Waals surface area contributed by atoms with Gasteiger partial charge in [-0.3, -0.25) is 4.79 Å². The number of hydrogen-bond donors (Lipinski definition) is 0. The zero-order valence-corrected chi connectivity index (χ0v) is 10.5. The van der Waals surface area contributed by atoms with Crippen LogP contribution in [0.3, 0.4) is 0 Å². The average molecular weight is 282 g/mol. The summed E-state index contributed by atoms with van der Waals surface area (Å²) in [5.74, 6) is -1.11. The van der Waals surface area contributed by atoms with E-state index in [1.54, 1.807) is 0 Å². The third-order valence-electron chi connectivity index (χ3n) is 2.88. The van der Waals surface area contributed by atoms with Gasteiger partial charge in [0.05, 0.1) is 5.56 Å². The highest BCUT2D eigenvalue weighted by Crippen LogP contribution is 2.38. The van der Waals surface area contributed by atoms with Crippen molar-refractivity contribution in [2.24, 2.45) is 0 Å². The number of halogens is 4. The lowest BCUT2D eigenvalue weighted by Crippen LogP contribution is -2.08. The Morgan fingerprint density at radius 2 is 1.65 bits per heavy atom. The second kappa shape index (κ2) is 5.07. The van der Waals surface area contributed by atoms with Crippen molar-refractivity contribution in [1.82, 2.24) is 0 Å². The first-order valence-corrected chi connectivity index (χ1v) is 5.78. The molecule has 2 rings (SSSR count). The molecule has 0 aliphatic carbocycles. The van der Waals surface area contributed by atoms with Gasteiger partial charge in [-0.05, 0) is 42.3 Å². The monoisotopic (exact) mass is 282 g/mol. The number of hydrogen-bond acceptors (Lipinski definition) is 1. The van der Waals surface area contributed by atoms with Crippen LogP contribution < -0.4 is 0 Å². The molecule has 0 fully saturated rings. The molecule has 0 saturated carbocycles. The number of ketones is 1. The fourth-order valence-corrected chi connectivity index (χ4v) is 2.01. The van der Waals surface area contributed by atoms with Crippen LogP contribution in [0, 0.1) is 5.82 Å².